The normalized spacial score (nSPS) is 10.2. The number of carbonyl (C=O) groups is 2. The molecule has 1 heterocycles. The molecule has 0 radical (unpaired) electrons. The summed E-state index contributed by atoms with van der Waals surface area (Å²) in [5, 5.41) is 4.60. The summed E-state index contributed by atoms with van der Waals surface area (Å²) in [4.78, 5) is 27.4. The Morgan fingerprint density at radius 3 is 2.76 bits per heavy atom. The molecule has 7 heteroatoms. The molecule has 0 saturated carbocycles. The first-order chi connectivity index (χ1) is 9.99. The van der Waals surface area contributed by atoms with Gasteiger partial charge >= 0.3 is 0 Å². The number of hydrogen-bond donors (Lipinski definition) is 2. The summed E-state index contributed by atoms with van der Waals surface area (Å²) in [5.74, 6) is 0.0354. The maximum absolute atomic E-state index is 12.2. The van der Waals surface area contributed by atoms with Crippen molar-refractivity contribution in [2.45, 2.75) is 13.8 Å². The number of benzene rings is 1. The molecule has 0 bridgehead atoms. The van der Waals surface area contributed by atoms with Crippen LogP contribution in [-0.4, -0.2) is 23.3 Å². The number of amides is 1. The number of hydrogen-bond acceptors (Lipinski definition) is 6. The molecule has 6 nitrogen and oxygen atoms in total. The summed E-state index contributed by atoms with van der Waals surface area (Å²) in [7, 11) is 0. The molecule has 3 N–H and O–H groups in total. The highest BCUT2D eigenvalue weighted by atomic mass is 32.1. The van der Waals surface area contributed by atoms with Crippen LogP contribution in [0, 0.1) is 0 Å². The Morgan fingerprint density at radius 1 is 1.38 bits per heavy atom. The van der Waals surface area contributed by atoms with Gasteiger partial charge in [-0.1, -0.05) is 0 Å². The second kappa shape index (κ2) is 6.36. The minimum absolute atomic E-state index is 0.144. The number of aromatic nitrogens is 1. The van der Waals surface area contributed by atoms with Crippen LogP contribution >= 0.6 is 11.3 Å². The summed E-state index contributed by atoms with van der Waals surface area (Å²) in [5.41, 5.74) is 6.89. The Labute approximate surface area is 125 Å². The quantitative estimate of drug-likeness (QED) is 0.654. The lowest BCUT2D eigenvalue weighted by atomic mass is 10.2. The van der Waals surface area contributed by atoms with Crippen LogP contribution in [0.3, 0.4) is 0 Å². The van der Waals surface area contributed by atoms with Crippen molar-refractivity contribution in [1.29, 1.82) is 0 Å². The third kappa shape index (κ3) is 3.79. The van der Waals surface area contributed by atoms with E-state index < -0.39 is 0 Å². The number of ether oxygens (including phenoxy) is 1. The number of nitrogens with zero attached hydrogens (tertiary/aromatic N) is 1. The number of Topliss-reactive ketones (excluding diaryl/α,β-unsaturated/α-hetero) is 1. The fourth-order valence-electron chi connectivity index (χ4n) is 1.67. The minimum Gasteiger partial charge on any atom is -0.494 e. The zero-order valence-corrected chi connectivity index (χ0v) is 12.5. The van der Waals surface area contributed by atoms with Crippen molar-refractivity contribution in [3.05, 3.63) is 34.8 Å². The monoisotopic (exact) mass is 305 g/mol. The Balaban J connectivity index is 2.17. The second-order valence-electron chi connectivity index (χ2n) is 4.27. The van der Waals surface area contributed by atoms with Crippen molar-refractivity contribution >= 4 is 33.8 Å². The van der Waals surface area contributed by atoms with Gasteiger partial charge in [-0.15, -0.1) is 11.3 Å². The number of anilines is 2. The molecule has 0 unspecified atom stereocenters. The van der Waals surface area contributed by atoms with E-state index in [2.05, 4.69) is 10.3 Å². The summed E-state index contributed by atoms with van der Waals surface area (Å²) in [6.07, 6.45) is 0. The molecule has 1 aromatic heterocycles. The molecule has 110 valence electrons. The molecule has 2 rings (SSSR count). The molecule has 2 aromatic rings. The molecule has 0 aliphatic carbocycles. The number of nitrogens with one attached hydrogen (secondary N) is 1. The third-order valence-electron chi connectivity index (χ3n) is 2.59. The molecule has 0 spiro atoms. The highest BCUT2D eigenvalue weighted by Crippen LogP contribution is 2.21. The Hall–Kier alpha value is -2.41. The molecule has 0 saturated heterocycles. The zero-order chi connectivity index (χ0) is 15.4. The summed E-state index contributed by atoms with van der Waals surface area (Å²) < 4.78 is 5.35. The van der Waals surface area contributed by atoms with Gasteiger partial charge in [0.15, 0.2) is 10.9 Å². The first kappa shape index (κ1) is 15.0. The van der Waals surface area contributed by atoms with Crippen LogP contribution < -0.4 is 15.8 Å². The van der Waals surface area contributed by atoms with E-state index >= 15 is 0 Å². The van der Waals surface area contributed by atoms with Crippen molar-refractivity contribution in [2.24, 2.45) is 0 Å². The van der Waals surface area contributed by atoms with E-state index in [1.165, 1.54) is 18.3 Å². The van der Waals surface area contributed by atoms with Crippen LogP contribution in [0.4, 0.5) is 10.8 Å². The average Bonchev–Trinajstić information content (AvgIpc) is 2.87. The van der Waals surface area contributed by atoms with Gasteiger partial charge in [-0.2, -0.15) is 0 Å². The van der Waals surface area contributed by atoms with E-state index in [1.807, 2.05) is 6.92 Å². The number of nitrogen functional groups attached to an aromatic ring is 1. The molecule has 0 aliphatic rings. The fourth-order valence-corrected chi connectivity index (χ4v) is 2.41. The molecule has 21 heavy (non-hydrogen) atoms. The standard InChI is InChI=1S/C14H15N3O3S/c1-3-20-11-5-9(4-10(15)6-11)13(19)17-14-16-12(7-21-14)8(2)18/h4-7H,3,15H2,1-2H3,(H,16,17,19). The maximum atomic E-state index is 12.2. The van der Waals surface area contributed by atoms with E-state index in [0.717, 1.165) is 0 Å². The van der Waals surface area contributed by atoms with Crippen LogP contribution in [0.2, 0.25) is 0 Å². The lowest BCUT2D eigenvalue weighted by Crippen LogP contribution is -2.12. The van der Waals surface area contributed by atoms with E-state index in [0.29, 0.717) is 34.4 Å². The van der Waals surface area contributed by atoms with Gasteiger partial charge in [0.25, 0.3) is 5.91 Å². The molecule has 0 atom stereocenters. The summed E-state index contributed by atoms with van der Waals surface area (Å²) >= 11 is 1.19. The molecular weight excluding hydrogens is 290 g/mol. The number of thiazole rings is 1. The highest BCUT2D eigenvalue weighted by molar-refractivity contribution is 7.14. The number of ketones is 1. The Morgan fingerprint density at radius 2 is 2.14 bits per heavy atom. The van der Waals surface area contributed by atoms with Crippen molar-refractivity contribution < 1.29 is 14.3 Å². The predicted molar refractivity (Wildman–Crippen MR) is 82.1 cm³/mol. The Bertz CT molecular complexity index is 682. The van der Waals surface area contributed by atoms with Crippen molar-refractivity contribution in [3.63, 3.8) is 0 Å². The Kier molecular flexibility index (Phi) is 4.54. The van der Waals surface area contributed by atoms with E-state index in [9.17, 15) is 9.59 Å². The molecule has 1 amide bonds. The van der Waals surface area contributed by atoms with Gasteiger partial charge in [-0.25, -0.2) is 4.98 Å². The maximum Gasteiger partial charge on any atom is 0.257 e. The van der Waals surface area contributed by atoms with Gasteiger partial charge in [0.1, 0.15) is 11.4 Å². The van der Waals surface area contributed by atoms with Crippen LogP contribution in [0.5, 0.6) is 5.75 Å². The first-order valence-corrected chi connectivity index (χ1v) is 7.18. The van der Waals surface area contributed by atoms with Gasteiger partial charge in [-0.05, 0) is 19.1 Å². The van der Waals surface area contributed by atoms with Crippen LogP contribution in [-0.2, 0) is 0 Å². The van der Waals surface area contributed by atoms with Gasteiger partial charge in [0, 0.05) is 29.6 Å². The first-order valence-electron chi connectivity index (χ1n) is 6.30. The van der Waals surface area contributed by atoms with E-state index in [-0.39, 0.29) is 11.7 Å². The van der Waals surface area contributed by atoms with Gasteiger partial charge < -0.3 is 10.5 Å². The lowest BCUT2D eigenvalue weighted by molar-refractivity contribution is 0.100. The topological polar surface area (TPSA) is 94.3 Å². The molecule has 0 aliphatic heterocycles. The average molecular weight is 305 g/mol. The van der Waals surface area contributed by atoms with Gasteiger partial charge in [0.05, 0.1) is 6.61 Å². The number of carbonyl (C=O) groups excluding carboxylic acids is 2. The summed E-state index contributed by atoms with van der Waals surface area (Å²) in [6.45, 7) is 3.76. The van der Waals surface area contributed by atoms with Crippen molar-refractivity contribution in [2.75, 3.05) is 17.7 Å². The van der Waals surface area contributed by atoms with E-state index in [1.54, 1.807) is 23.6 Å². The molecule has 0 fully saturated rings. The summed E-state index contributed by atoms with van der Waals surface area (Å²) in [6, 6.07) is 4.81. The molecular formula is C14H15N3O3S. The second-order valence-corrected chi connectivity index (χ2v) is 5.13. The van der Waals surface area contributed by atoms with Crippen molar-refractivity contribution in [1.82, 2.24) is 4.98 Å². The smallest absolute Gasteiger partial charge is 0.257 e. The van der Waals surface area contributed by atoms with Crippen LogP contribution in [0.15, 0.2) is 23.6 Å². The number of rotatable bonds is 5. The third-order valence-corrected chi connectivity index (χ3v) is 3.35. The SMILES string of the molecule is CCOc1cc(N)cc(C(=O)Nc2nc(C(C)=O)cs2)c1. The highest BCUT2D eigenvalue weighted by Gasteiger charge is 2.12. The van der Waals surface area contributed by atoms with Crippen molar-refractivity contribution in [3.8, 4) is 5.75 Å². The zero-order valence-electron chi connectivity index (χ0n) is 11.7. The van der Waals surface area contributed by atoms with Gasteiger partial charge in [0.2, 0.25) is 0 Å². The lowest BCUT2D eigenvalue weighted by Gasteiger charge is -2.07. The molecule has 1 aromatic carbocycles. The fraction of sp³-hybridized carbons (Fsp3) is 0.214. The van der Waals surface area contributed by atoms with Crippen LogP contribution in [0.1, 0.15) is 34.7 Å². The predicted octanol–water partition coefficient (Wildman–Crippen LogP) is 2.58. The largest absolute Gasteiger partial charge is 0.494 e. The number of nitrogens with two attached hydrogens (primary N) is 1. The van der Waals surface area contributed by atoms with E-state index in [4.69, 9.17) is 10.5 Å². The minimum atomic E-state index is -0.354. The van der Waals surface area contributed by atoms with Gasteiger partial charge in [-0.3, -0.25) is 14.9 Å². The van der Waals surface area contributed by atoms with Crippen LogP contribution in [0.25, 0.3) is 0 Å².